The van der Waals surface area contributed by atoms with Crippen molar-refractivity contribution in [1.29, 1.82) is 0 Å². The van der Waals surface area contributed by atoms with E-state index in [-0.39, 0.29) is 22.8 Å². The second-order valence-electron chi connectivity index (χ2n) is 5.97. The molecule has 1 fully saturated rings. The highest BCUT2D eigenvalue weighted by molar-refractivity contribution is 5.93. The van der Waals surface area contributed by atoms with Gasteiger partial charge >= 0.3 is 6.36 Å². The summed E-state index contributed by atoms with van der Waals surface area (Å²) in [4.78, 5) is 4.30. The zero-order chi connectivity index (χ0) is 17.6. The molecule has 0 aliphatic heterocycles. The van der Waals surface area contributed by atoms with Crippen molar-refractivity contribution in [2.75, 3.05) is 25.6 Å². The molecule has 1 saturated carbocycles. The van der Waals surface area contributed by atoms with Crippen molar-refractivity contribution in [2.24, 2.45) is 16.1 Å². The highest BCUT2D eigenvalue weighted by Gasteiger charge is 2.36. The lowest BCUT2D eigenvalue weighted by Gasteiger charge is -2.40. The van der Waals surface area contributed by atoms with Crippen molar-refractivity contribution in [3.8, 4) is 5.75 Å². The first-order valence-corrected chi connectivity index (χ1v) is 7.74. The fraction of sp³-hybridized carbons (Fsp3) is 0.562. The molecule has 0 unspecified atom stereocenters. The van der Waals surface area contributed by atoms with Crippen LogP contribution in [0.4, 0.5) is 18.9 Å². The Hall–Kier alpha value is -1.96. The number of anilines is 1. The molecule has 1 aromatic rings. The molecule has 5 nitrogen and oxygen atoms in total. The summed E-state index contributed by atoms with van der Waals surface area (Å²) in [6, 6.07) is 5.71. The van der Waals surface area contributed by atoms with E-state index in [2.05, 4.69) is 15.0 Å². The molecule has 3 N–H and O–H groups in total. The fourth-order valence-corrected chi connectivity index (χ4v) is 2.70. The van der Waals surface area contributed by atoms with E-state index < -0.39 is 6.36 Å². The van der Waals surface area contributed by atoms with Gasteiger partial charge in [-0.05, 0) is 36.8 Å². The van der Waals surface area contributed by atoms with Gasteiger partial charge in [0, 0.05) is 20.3 Å². The van der Waals surface area contributed by atoms with Gasteiger partial charge in [0.15, 0.2) is 11.7 Å². The number of methoxy groups -OCH3 is 1. The van der Waals surface area contributed by atoms with Gasteiger partial charge < -0.3 is 20.5 Å². The van der Waals surface area contributed by atoms with Crippen LogP contribution in [0.2, 0.25) is 0 Å². The molecule has 134 valence electrons. The Kier molecular flexibility index (Phi) is 5.93. The Morgan fingerprint density at radius 2 is 2.04 bits per heavy atom. The average Bonchev–Trinajstić information content (AvgIpc) is 2.46. The quantitative estimate of drug-likeness (QED) is 0.586. The zero-order valence-electron chi connectivity index (χ0n) is 13.5. The molecule has 1 aliphatic carbocycles. The van der Waals surface area contributed by atoms with Crippen molar-refractivity contribution in [1.82, 2.24) is 0 Å². The van der Waals surface area contributed by atoms with Crippen molar-refractivity contribution < 1.29 is 22.6 Å². The highest BCUT2D eigenvalue weighted by Crippen LogP contribution is 2.44. The molecule has 8 heteroatoms. The van der Waals surface area contributed by atoms with Crippen molar-refractivity contribution in [3.05, 3.63) is 24.3 Å². The van der Waals surface area contributed by atoms with Crippen LogP contribution in [0.15, 0.2) is 29.3 Å². The number of guanidine groups is 1. The van der Waals surface area contributed by atoms with Crippen LogP contribution in [0.5, 0.6) is 5.75 Å². The van der Waals surface area contributed by atoms with Crippen LogP contribution in [-0.4, -0.2) is 32.6 Å². The minimum absolute atomic E-state index is 0.0666. The predicted octanol–water partition coefficient (Wildman–Crippen LogP) is 3.52. The van der Waals surface area contributed by atoms with E-state index in [4.69, 9.17) is 10.5 Å². The van der Waals surface area contributed by atoms with Crippen LogP contribution < -0.4 is 15.8 Å². The first-order valence-electron chi connectivity index (χ1n) is 7.74. The van der Waals surface area contributed by atoms with Gasteiger partial charge in [0.2, 0.25) is 0 Å². The lowest BCUT2D eigenvalue weighted by molar-refractivity contribution is -0.274. The van der Waals surface area contributed by atoms with E-state index in [1.54, 1.807) is 13.2 Å². The molecule has 0 heterocycles. The number of alkyl halides is 3. The lowest BCUT2D eigenvalue weighted by atomic mass is 9.67. The summed E-state index contributed by atoms with van der Waals surface area (Å²) in [5.74, 6) is -0.280. The molecule has 0 bridgehead atoms. The monoisotopic (exact) mass is 345 g/mol. The van der Waals surface area contributed by atoms with Crippen LogP contribution >= 0.6 is 0 Å². The number of hydrogen-bond donors (Lipinski definition) is 2. The molecule has 0 radical (unpaired) electrons. The minimum atomic E-state index is -4.76. The number of hydrogen-bond acceptors (Lipinski definition) is 3. The molecule has 2 rings (SSSR count). The number of para-hydroxylation sites is 2. The average molecular weight is 345 g/mol. The van der Waals surface area contributed by atoms with E-state index >= 15 is 0 Å². The molecule has 0 atom stereocenters. The molecule has 0 amide bonds. The fourth-order valence-electron chi connectivity index (χ4n) is 2.70. The number of halogens is 3. The second kappa shape index (κ2) is 7.74. The Labute approximate surface area is 139 Å². The first kappa shape index (κ1) is 18.4. The second-order valence-corrected chi connectivity index (χ2v) is 5.97. The Balaban J connectivity index is 2.00. The van der Waals surface area contributed by atoms with Gasteiger partial charge in [-0.25, -0.2) is 0 Å². The standard InChI is InChI=1S/C16H22F3N3O2/c1-23-10-9-15(7-4-8-15)11-21-14(20)22-12-5-2-3-6-13(12)24-16(17,18)19/h2-3,5-6H,4,7-11H2,1H3,(H3,20,21,22). The maximum atomic E-state index is 12.4. The van der Waals surface area contributed by atoms with E-state index in [1.807, 2.05) is 0 Å². The lowest BCUT2D eigenvalue weighted by Crippen LogP contribution is -2.35. The van der Waals surface area contributed by atoms with Crippen molar-refractivity contribution in [2.45, 2.75) is 32.0 Å². The van der Waals surface area contributed by atoms with Crippen molar-refractivity contribution >= 4 is 11.6 Å². The summed E-state index contributed by atoms with van der Waals surface area (Å²) in [5, 5.41) is 2.68. The van der Waals surface area contributed by atoms with Crippen LogP contribution in [0, 0.1) is 5.41 Å². The Bertz CT molecular complexity index is 572. The van der Waals surface area contributed by atoms with E-state index in [0.29, 0.717) is 13.2 Å². The van der Waals surface area contributed by atoms with Crippen LogP contribution in [0.25, 0.3) is 0 Å². The number of ether oxygens (including phenoxy) is 2. The number of rotatable bonds is 7. The molecule has 0 spiro atoms. The number of nitrogens with zero attached hydrogens (tertiary/aromatic N) is 1. The van der Waals surface area contributed by atoms with Crippen molar-refractivity contribution in [3.63, 3.8) is 0 Å². The van der Waals surface area contributed by atoms with Gasteiger partial charge in [0.1, 0.15) is 0 Å². The molecular formula is C16H22F3N3O2. The zero-order valence-corrected chi connectivity index (χ0v) is 13.5. The summed E-state index contributed by atoms with van der Waals surface area (Å²) in [6.07, 6.45) is -0.607. The van der Waals surface area contributed by atoms with Gasteiger partial charge in [0.25, 0.3) is 0 Å². The van der Waals surface area contributed by atoms with E-state index in [1.165, 1.54) is 18.2 Å². The Morgan fingerprint density at radius 3 is 2.62 bits per heavy atom. The van der Waals surface area contributed by atoms with Crippen LogP contribution in [0.1, 0.15) is 25.7 Å². The molecule has 0 saturated heterocycles. The number of aliphatic imine (C=N–C) groups is 1. The van der Waals surface area contributed by atoms with E-state index in [0.717, 1.165) is 25.7 Å². The van der Waals surface area contributed by atoms with Crippen LogP contribution in [-0.2, 0) is 4.74 Å². The SMILES string of the molecule is COCCC1(CN=C(N)Nc2ccccc2OC(F)(F)F)CCC1. The maximum absolute atomic E-state index is 12.4. The Morgan fingerprint density at radius 1 is 1.33 bits per heavy atom. The summed E-state index contributed by atoms with van der Waals surface area (Å²) in [6.45, 7) is 1.18. The largest absolute Gasteiger partial charge is 0.573 e. The first-order chi connectivity index (χ1) is 11.3. The van der Waals surface area contributed by atoms with Gasteiger partial charge in [-0.3, -0.25) is 4.99 Å². The third-order valence-corrected chi connectivity index (χ3v) is 4.21. The van der Waals surface area contributed by atoms with Gasteiger partial charge in [-0.1, -0.05) is 18.6 Å². The number of nitrogens with two attached hydrogens (primary N) is 1. The van der Waals surface area contributed by atoms with Gasteiger partial charge in [-0.2, -0.15) is 0 Å². The molecule has 0 aromatic heterocycles. The molecule has 1 aliphatic rings. The predicted molar refractivity (Wildman–Crippen MR) is 86.0 cm³/mol. The van der Waals surface area contributed by atoms with Crippen LogP contribution in [0.3, 0.4) is 0 Å². The summed E-state index contributed by atoms with van der Waals surface area (Å²) in [7, 11) is 1.66. The number of benzene rings is 1. The maximum Gasteiger partial charge on any atom is 0.573 e. The highest BCUT2D eigenvalue weighted by atomic mass is 19.4. The molecule has 24 heavy (non-hydrogen) atoms. The molecular weight excluding hydrogens is 323 g/mol. The summed E-state index contributed by atoms with van der Waals surface area (Å²) in [5.41, 5.74) is 6.03. The smallest absolute Gasteiger partial charge is 0.404 e. The molecule has 1 aromatic carbocycles. The third-order valence-electron chi connectivity index (χ3n) is 4.21. The topological polar surface area (TPSA) is 68.9 Å². The normalized spacial score (nSPS) is 17.2. The minimum Gasteiger partial charge on any atom is -0.404 e. The summed E-state index contributed by atoms with van der Waals surface area (Å²) < 4.78 is 46.3. The van der Waals surface area contributed by atoms with Gasteiger partial charge in [-0.15, -0.1) is 13.2 Å². The van der Waals surface area contributed by atoms with Gasteiger partial charge in [0.05, 0.1) is 5.69 Å². The summed E-state index contributed by atoms with van der Waals surface area (Å²) >= 11 is 0. The third kappa shape index (κ3) is 5.30. The van der Waals surface area contributed by atoms with E-state index in [9.17, 15) is 13.2 Å². The number of nitrogens with one attached hydrogen (secondary N) is 1.